The van der Waals surface area contributed by atoms with Crippen molar-refractivity contribution in [3.05, 3.63) is 5.82 Å². The molecule has 1 aromatic rings. The number of nitrogens with zero attached hydrogens (tertiary/aromatic N) is 4. The van der Waals surface area contributed by atoms with E-state index >= 15 is 0 Å². The Morgan fingerprint density at radius 2 is 1.96 bits per heavy atom. The van der Waals surface area contributed by atoms with Crippen molar-refractivity contribution >= 4 is 27.5 Å². The highest BCUT2D eigenvalue weighted by Gasteiger charge is 2.37. The lowest BCUT2D eigenvalue weighted by Gasteiger charge is -2.29. The van der Waals surface area contributed by atoms with Gasteiger partial charge in [-0.3, -0.25) is 4.79 Å². The van der Waals surface area contributed by atoms with Crippen molar-refractivity contribution in [3.8, 4) is 0 Å². The van der Waals surface area contributed by atoms with Crippen LogP contribution in [0.15, 0.2) is 5.16 Å². The molecule has 150 valence electrons. The van der Waals surface area contributed by atoms with Crippen LogP contribution in [0, 0.1) is 5.92 Å². The van der Waals surface area contributed by atoms with Crippen LogP contribution in [0.5, 0.6) is 0 Å². The Hall–Kier alpha value is -1.09. The number of rotatable bonds is 8. The summed E-state index contributed by atoms with van der Waals surface area (Å²) in [4.78, 5) is 14.7. The molecule has 9 heteroatoms. The van der Waals surface area contributed by atoms with Crippen LogP contribution in [-0.4, -0.2) is 63.8 Å². The minimum atomic E-state index is -3.01. The van der Waals surface area contributed by atoms with Gasteiger partial charge in [0.1, 0.15) is 5.82 Å². The smallest absolute Gasteiger partial charge is 0.233 e. The first kappa shape index (κ1) is 19.2. The van der Waals surface area contributed by atoms with Gasteiger partial charge in [0.2, 0.25) is 5.91 Å². The van der Waals surface area contributed by atoms with Gasteiger partial charge in [0, 0.05) is 24.5 Å². The third kappa shape index (κ3) is 4.50. The topological polar surface area (TPSA) is 85.2 Å². The maximum atomic E-state index is 13.0. The highest BCUT2D eigenvalue weighted by atomic mass is 32.2. The fraction of sp³-hybridized carbons (Fsp3) is 0.833. The van der Waals surface area contributed by atoms with Crippen LogP contribution in [0.3, 0.4) is 0 Å². The van der Waals surface area contributed by atoms with E-state index < -0.39 is 9.84 Å². The number of hydrogen-bond donors (Lipinski definition) is 0. The highest BCUT2D eigenvalue weighted by Crippen LogP contribution is 2.46. The van der Waals surface area contributed by atoms with Gasteiger partial charge in [-0.05, 0) is 38.0 Å². The highest BCUT2D eigenvalue weighted by molar-refractivity contribution is 7.99. The van der Waals surface area contributed by atoms with Crippen LogP contribution in [0.25, 0.3) is 0 Å². The Morgan fingerprint density at radius 1 is 1.22 bits per heavy atom. The van der Waals surface area contributed by atoms with Crippen LogP contribution >= 0.6 is 11.8 Å². The summed E-state index contributed by atoms with van der Waals surface area (Å²) in [7, 11) is -3.01. The van der Waals surface area contributed by atoms with E-state index in [4.69, 9.17) is 0 Å². The van der Waals surface area contributed by atoms with Gasteiger partial charge in [0.15, 0.2) is 15.0 Å². The first-order valence-corrected chi connectivity index (χ1v) is 12.7. The predicted molar refractivity (Wildman–Crippen MR) is 105 cm³/mol. The Kier molecular flexibility index (Phi) is 5.26. The molecule has 0 bridgehead atoms. The molecule has 3 fully saturated rings. The number of carbonyl (C=O) groups excluding carboxylic acids is 1. The molecule has 0 spiro atoms. The van der Waals surface area contributed by atoms with E-state index in [1.807, 2.05) is 0 Å². The molecule has 27 heavy (non-hydrogen) atoms. The summed E-state index contributed by atoms with van der Waals surface area (Å²) in [5.74, 6) is 2.53. The Labute approximate surface area is 165 Å². The van der Waals surface area contributed by atoms with E-state index in [0.717, 1.165) is 11.0 Å². The summed E-state index contributed by atoms with van der Waals surface area (Å²) >= 11 is 1.45. The fourth-order valence-electron chi connectivity index (χ4n) is 3.76. The number of amides is 1. The first-order valence-electron chi connectivity index (χ1n) is 9.91. The maximum absolute atomic E-state index is 13.0. The van der Waals surface area contributed by atoms with Gasteiger partial charge in [-0.15, -0.1) is 10.2 Å². The Morgan fingerprint density at radius 3 is 2.52 bits per heavy atom. The van der Waals surface area contributed by atoms with E-state index in [-0.39, 0.29) is 23.5 Å². The normalized spacial score (nSPS) is 24.5. The lowest BCUT2D eigenvalue weighted by atomic mass is 10.1. The molecule has 2 saturated carbocycles. The largest absolute Gasteiger partial charge is 0.338 e. The third-order valence-corrected chi connectivity index (χ3v) is 8.08. The summed E-state index contributed by atoms with van der Waals surface area (Å²) in [6.45, 7) is 4.72. The molecule has 7 nitrogen and oxygen atoms in total. The number of sulfone groups is 1. The average molecular weight is 413 g/mol. The van der Waals surface area contributed by atoms with Gasteiger partial charge in [0.05, 0.1) is 17.3 Å². The molecule has 0 N–H and O–H groups in total. The summed E-state index contributed by atoms with van der Waals surface area (Å²) in [5, 5.41) is 9.60. The van der Waals surface area contributed by atoms with Crippen LogP contribution in [-0.2, 0) is 14.6 Å². The predicted octanol–water partition coefficient (Wildman–Crippen LogP) is 2.25. The van der Waals surface area contributed by atoms with E-state index in [2.05, 4.69) is 28.6 Å². The van der Waals surface area contributed by atoms with Gasteiger partial charge < -0.3 is 9.47 Å². The fourth-order valence-corrected chi connectivity index (χ4v) is 6.39. The first-order chi connectivity index (χ1) is 12.8. The van der Waals surface area contributed by atoms with Gasteiger partial charge in [-0.25, -0.2) is 8.42 Å². The molecule has 1 aliphatic heterocycles. The van der Waals surface area contributed by atoms with E-state index in [0.29, 0.717) is 36.6 Å². The molecule has 4 rings (SSSR count). The third-order valence-electron chi connectivity index (χ3n) is 5.40. The van der Waals surface area contributed by atoms with Crippen molar-refractivity contribution in [2.45, 2.75) is 69.1 Å². The summed E-state index contributed by atoms with van der Waals surface area (Å²) in [5.41, 5.74) is 0. The zero-order chi connectivity index (χ0) is 19.2. The zero-order valence-electron chi connectivity index (χ0n) is 16.0. The summed E-state index contributed by atoms with van der Waals surface area (Å²) in [6, 6.07) is 0.314. The lowest BCUT2D eigenvalue weighted by molar-refractivity contribution is -0.130. The molecule has 2 heterocycles. The van der Waals surface area contributed by atoms with Gasteiger partial charge in [-0.2, -0.15) is 0 Å². The van der Waals surface area contributed by atoms with Crippen molar-refractivity contribution < 1.29 is 13.2 Å². The van der Waals surface area contributed by atoms with Gasteiger partial charge >= 0.3 is 0 Å². The standard InChI is InChI=1S/C18H28N4O3S2/c1-12(2)9-21(15-7-8-27(24,25)11-15)16(23)10-26-18-20-19-17(13-3-4-13)22(18)14-5-6-14/h12-15H,3-11H2,1-2H3/t15-/m1/s1. The monoisotopic (exact) mass is 412 g/mol. The molecule has 3 aliphatic rings. The average Bonchev–Trinajstić information content (AvgIpc) is 3.53. The second-order valence-corrected chi connectivity index (χ2v) is 11.7. The van der Waals surface area contributed by atoms with Crippen LogP contribution in [0.1, 0.15) is 63.7 Å². The second-order valence-electron chi connectivity index (χ2n) is 8.50. The Balaban J connectivity index is 1.44. The molecular formula is C18H28N4O3S2. The van der Waals surface area contributed by atoms with Crippen LogP contribution < -0.4 is 0 Å². The van der Waals surface area contributed by atoms with E-state index in [9.17, 15) is 13.2 Å². The van der Waals surface area contributed by atoms with Crippen LogP contribution in [0.4, 0.5) is 0 Å². The summed E-state index contributed by atoms with van der Waals surface area (Å²) < 4.78 is 26.0. The Bertz CT molecular complexity index is 813. The molecule has 0 aromatic carbocycles. The molecule has 1 atom stereocenters. The SMILES string of the molecule is CC(C)CN(C(=O)CSc1nnc(C2CC2)n1C1CC1)[C@@H]1CCS(=O)(=O)C1. The maximum Gasteiger partial charge on any atom is 0.233 e. The molecule has 2 aliphatic carbocycles. The van der Waals surface area contributed by atoms with Crippen LogP contribution in [0.2, 0.25) is 0 Å². The number of aromatic nitrogens is 3. The number of carbonyl (C=O) groups is 1. The quantitative estimate of drug-likeness (QED) is 0.609. The second kappa shape index (κ2) is 7.39. The molecule has 0 unspecified atom stereocenters. The molecule has 1 saturated heterocycles. The van der Waals surface area contributed by atoms with Gasteiger partial charge in [-0.1, -0.05) is 25.6 Å². The number of hydrogen-bond acceptors (Lipinski definition) is 6. The van der Waals surface area contributed by atoms with Crippen molar-refractivity contribution in [3.63, 3.8) is 0 Å². The van der Waals surface area contributed by atoms with Gasteiger partial charge in [0.25, 0.3) is 0 Å². The summed E-state index contributed by atoms with van der Waals surface area (Å²) in [6.07, 6.45) is 5.26. The van der Waals surface area contributed by atoms with Crippen molar-refractivity contribution in [2.75, 3.05) is 23.8 Å². The minimum absolute atomic E-state index is 0.00844. The molecule has 1 amide bonds. The van der Waals surface area contributed by atoms with Crippen molar-refractivity contribution in [1.29, 1.82) is 0 Å². The van der Waals surface area contributed by atoms with Crippen molar-refractivity contribution in [1.82, 2.24) is 19.7 Å². The number of thioether (sulfide) groups is 1. The molecule has 0 radical (unpaired) electrons. The minimum Gasteiger partial charge on any atom is -0.338 e. The van der Waals surface area contributed by atoms with Crippen molar-refractivity contribution in [2.24, 2.45) is 5.92 Å². The molecule has 1 aromatic heterocycles. The lowest BCUT2D eigenvalue weighted by Crippen LogP contribution is -2.44. The molecular weight excluding hydrogens is 384 g/mol. The zero-order valence-corrected chi connectivity index (χ0v) is 17.6. The van der Waals surface area contributed by atoms with E-state index in [1.165, 1.54) is 37.4 Å². The van der Waals surface area contributed by atoms with E-state index in [1.54, 1.807) is 4.90 Å².